The van der Waals surface area contributed by atoms with E-state index >= 15 is 0 Å². The molecule has 1 fully saturated rings. The lowest BCUT2D eigenvalue weighted by molar-refractivity contribution is 0.0586. The van der Waals surface area contributed by atoms with Crippen LogP contribution < -0.4 is 9.47 Å². The molecule has 4 rings (SSSR count). The molecule has 0 unspecified atom stereocenters. The number of carbonyl (C=O) groups is 1. The summed E-state index contributed by atoms with van der Waals surface area (Å²) in [6.45, 7) is 1.28. The lowest BCUT2D eigenvalue weighted by atomic mass is 10.1. The van der Waals surface area contributed by atoms with Crippen LogP contribution in [0, 0.1) is 0 Å². The normalized spacial score (nSPS) is 15.2. The van der Waals surface area contributed by atoms with Crippen LogP contribution in [0.25, 0.3) is 11.0 Å². The summed E-state index contributed by atoms with van der Waals surface area (Å²) in [5, 5.41) is 0. The van der Waals surface area contributed by atoms with E-state index in [1.807, 2.05) is 17.0 Å². The van der Waals surface area contributed by atoms with Crippen molar-refractivity contribution in [1.82, 2.24) is 23.6 Å². The molecule has 9 heteroatoms. The topological polar surface area (TPSA) is 90.3 Å². The molecule has 1 saturated heterocycles. The van der Waals surface area contributed by atoms with E-state index in [2.05, 4.69) is 18.7 Å². The molecule has 3 aromatic rings. The molecule has 0 atom stereocenters. The molecule has 8 nitrogen and oxygen atoms in total. The summed E-state index contributed by atoms with van der Waals surface area (Å²) in [5.74, 6) is 0.505. The third kappa shape index (κ3) is 3.43. The zero-order valence-corrected chi connectivity index (χ0v) is 15.0. The zero-order chi connectivity index (χ0) is 17.9. The van der Waals surface area contributed by atoms with Gasteiger partial charge in [0.15, 0.2) is 0 Å². The highest BCUT2D eigenvalue weighted by Gasteiger charge is 2.25. The Morgan fingerprint density at radius 3 is 2.81 bits per heavy atom. The van der Waals surface area contributed by atoms with Crippen LogP contribution in [0.1, 0.15) is 23.2 Å². The number of nitrogens with zero attached hydrogens (tertiary/aromatic N) is 5. The molecular formula is C17H17N5O3S. The highest BCUT2D eigenvalue weighted by molar-refractivity contribution is 7.00. The molecule has 1 aliphatic heterocycles. The van der Waals surface area contributed by atoms with Gasteiger partial charge in [-0.1, -0.05) is 0 Å². The van der Waals surface area contributed by atoms with Crippen LogP contribution in [0.4, 0.5) is 0 Å². The number of hydrogen-bond acceptors (Lipinski definition) is 8. The Morgan fingerprint density at radius 1 is 1.19 bits per heavy atom. The molecule has 1 amide bonds. The van der Waals surface area contributed by atoms with Gasteiger partial charge in [0.05, 0.1) is 18.8 Å². The van der Waals surface area contributed by atoms with Crippen LogP contribution in [-0.2, 0) is 0 Å². The zero-order valence-electron chi connectivity index (χ0n) is 14.2. The summed E-state index contributed by atoms with van der Waals surface area (Å²) in [6.07, 6.45) is 3.12. The number of piperidine rings is 1. The van der Waals surface area contributed by atoms with Gasteiger partial charge in [0.2, 0.25) is 5.88 Å². The Labute approximate surface area is 154 Å². The summed E-state index contributed by atoms with van der Waals surface area (Å²) in [4.78, 5) is 22.7. The van der Waals surface area contributed by atoms with E-state index in [-0.39, 0.29) is 18.0 Å². The Hall–Kier alpha value is -2.81. The number of fused-ring (bicyclic) bond motifs is 1. The maximum Gasteiger partial charge on any atom is 0.319 e. The number of benzene rings is 1. The maximum absolute atomic E-state index is 12.7. The van der Waals surface area contributed by atoms with E-state index in [4.69, 9.17) is 9.47 Å². The average Bonchev–Trinajstić information content (AvgIpc) is 3.16. The number of likely N-dealkylation sites (tertiary alicyclic amines) is 1. The van der Waals surface area contributed by atoms with Gasteiger partial charge in [-0.2, -0.15) is 13.7 Å². The molecule has 0 saturated carbocycles. The third-order valence-corrected chi connectivity index (χ3v) is 4.86. The first kappa shape index (κ1) is 16.6. The molecule has 0 N–H and O–H groups in total. The average molecular weight is 371 g/mol. The van der Waals surface area contributed by atoms with E-state index in [9.17, 15) is 4.79 Å². The van der Waals surface area contributed by atoms with Gasteiger partial charge in [0.25, 0.3) is 5.91 Å². The molecule has 1 aromatic carbocycles. The summed E-state index contributed by atoms with van der Waals surface area (Å²) in [6, 6.07) is 7.43. The van der Waals surface area contributed by atoms with Crippen molar-refractivity contribution in [1.29, 1.82) is 0 Å². The second kappa shape index (κ2) is 7.20. The Kier molecular flexibility index (Phi) is 4.61. The van der Waals surface area contributed by atoms with Gasteiger partial charge in [-0.15, -0.1) is 0 Å². The van der Waals surface area contributed by atoms with Gasteiger partial charge in [-0.3, -0.25) is 4.79 Å². The smallest absolute Gasteiger partial charge is 0.319 e. The largest absolute Gasteiger partial charge is 0.474 e. The standard InChI is InChI=1S/C17H17N5O3S/c1-24-17-18-7-4-15(19-17)25-12-5-8-22(9-6-12)16(23)11-2-3-13-14(10-11)21-26-20-13/h2-4,7,10,12H,5-6,8-9H2,1H3. The van der Waals surface area contributed by atoms with Crippen molar-refractivity contribution in [3.63, 3.8) is 0 Å². The second-order valence-corrected chi connectivity index (χ2v) is 6.49. The van der Waals surface area contributed by atoms with E-state index in [1.54, 1.807) is 18.3 Å². The van der Waals surface area contributed by atoms with Gasteiger partial charge in [0.1, 0.15) is 17.1 Å². The first-order valence-electron chi connectivity index (χ1n) is 8.28. The molecule has 2 aromatic heterocycles. The van der Waals surface area contributed by atoms with E-state index in [0.717, 1.165) is 35.6 Å². The van der Waals surface area contributed by atoms with Gasteiger partial charge >= 0.3 is 6.01 Å². The molecule has 1 aliphatic rings. The monoisotopic (exact) mass is 371 g/mol. The molecule has 26 heavy (non-hydrogen) atoms. The lowest BCUT2D eigenvalue weighted by Crippen LogP contribution is -2.41. The van der Waals surface area contributed by atoms with E-state index in [0.29, 0.717) is 24.5 Å². The summed E-state index contributed by atoms with van der Waals surface area (Å²) < 4.78 is 19.3. The molecule has 0 radical (unpaired) electrons. The molecule has 0 bridgehead atoms. The molecule has 134 valence electrons. The summed E-state index contributed by atoms with van der Waals surface area (Å²) in [7, 11) is 1.52. The number of rotatable bonds is 4. The number of carbonyl (C=O) groups excluding carboxylic acids is 1. The second-order valence-electron chi connectivity index (χ2n) is 5.96. The number of ether oxygens (including phenoxy) is 2. The van der Waals surface area contributed by atoms with Crippen molar-refractivity contribution >= 4 is 28.7 Å². The first-order valence-corrected chi connectivity index (χ1v) is 9.01. The Balaban J connectivity index is 1.37. The summed E-state index contributed by atoms with van der Waals surface area (Å²) in [5.41, 5.74) is 2.22. The van der Waals surface area contributed by atoms with Gasteiger partial charge in [-0.25, -0.2) is 4.98 Å². The minimum atomic E-state index is 0.0158. The lowest BCUT2D eigenvalue weighted by Gasteiger charge is -2.32. The van der Waals surface area contributed by atoms with Crippen molar-refractivity contribution in [2.24, 2.45) is 0 Å². The fourth-order valence-electron chi connectivity index (χ4n) is 2.93. The number of hydrogen-bond donors (Lipinski definition) is 0. The van der Waals surface area contributed by atoms with Gasteiger partial charge in [0, 0.05) is 43.8 Å². The fourth-order valence-corrected chi connectivity index (χ4v) is 3.45. The van der Waals surface area contributed by atoms with Gasteiger partial charge < -0.3 is 14.4 Å². The minimum absolute atomic E-state index is 0.0158. The van der Waals surface area contributed by atoms with Crippen LogP contribution in [0.15, 0.2) is 30.5 Å². The minimum Gasteiger partial charge on any atom is -0.474 e. The van der Waals surface area contributed by atoms with Crippen molar-refractivity contribution in [2.75, 3.05) is 20.2 Å². The predicted molar refractivity (Wildman–Crippen MR) is 95.6 cm³/mol. The number of amides is 1. The number of aromatic nitrogens is 4. The van der Waals surface area contributed by atoms with Crippen LogP contribution in [0.2, 0.25) is 0 Å². The van der Waals surface area contributed by atoms with Crippen LogP contribution in [0.3, 0.4) is 0 Å². The quantitative estimate of drug-likeness (QED) is 0.694. The van der Waals surface area contributed by atoms with Crippen molar-refractivity contribution < 1.29 is 14.3 Å². The molecule has 0 aliphatic carbocycles. The highest BCUT2D eigenvalue weighted by Crippen LogP contribution is 2.21. The maximum atomic E-state index is 12.7. The van der Waals surface area contributed by atoms with Crippen LogP contribution >= 0.6 is 11.7 Å². The third-order valence-electron chi connectivity index (χ3n) is 4.31. The Morgan fingerprint density at radius 2 is 2.00 bits per heavy atom. The predicted octanol–water partition coefficient (Wildman–Crippen LogP) is 2.17. The molecule has 0 spiro atoms. The molecular weight excluding hydrogens is 354 g/mol. The van der Waals surface area contributed by atoms with Crippen molar-refractivity contribution in [3.8, 4) is 11.9 Å². The molecule has 3 heterocycles. The highest BCUT2D eigenvalue weighted by atomic mass is 32.1. The SMILES string of the molecule is COc1nccc(OC2CCN(C(=O)c3ccc4nsnc4c3)CC2)n1. The van der Waals surface area contributed by atoms with Crippen molar-refractivity contribution in [3.05, 3.63) is 36.0 Å². The Bertz CT molecular complexity index is 923. The fraction of sp³-hybridized carbons (Fsp3) is 0.353. The van der Waals surface area contributed by atoms with Crippen LogP contribution in [0.5, 0.6) is 11.9 Å². The van der Waals surface area contributed by atoms with E-state index < -0.39 is 0 Å². The van der Waals surface area contributed by atoms with Crippen LogP contribution in [-0.4, -0.2) is 55.8 Å². The number of methoxy groups -OCH3 is 1. The summed E-state index contributed by atoms with van der Waals surface area (Å²) >= 11 is 1.15. The van der Waals surface area contributed by atoms with E-state index in [1.165, 1.54) is 7.11 Å². The van der Waals surface area contributed by atoms with Gasteiger partial charge in [-0.05, 0) is 18.2 Å². The van der Waals surface area contributed by atoms with Crippen molar-refractivity contribution in [2.45, 2.75) is 18.9 Å². The first-order chi connectivity index (χ1) is 12.7.